The Kier molecular flexibility index (Phi) is 4.94. The molecule has 0 saturated carbocycles. The van der Waals surface area contributed by atoms with E-state index in [4.69, 9.17) is 4.74 Å². The molecule has 0 spiro atoms. The summed E-state index contributed by atoms with van der Waals surface area (Å²) in [5.41, 5.74) is 0.994. The van der Waals surface area contributed by atoms with Crippen LogP contribution in [0.3, 0.4) is 0 Å². The van der Waals surface area contributed by atoms with Gasteiger partial charge in [-0.1, -0.05) is 42.5 Å². The molecule has 0 aliphatic carbocycles. The SMILES string of the molecule is CCOC(=O)C1CCCN1C(=O)/C=C/c1cccc2ccccc12. The van der Waals surface area contributed by atoms with Gasteiger partial charge in [0.25, 0.3) is 0 Å². The van der Waals surface area contributed by atoms with E-state index in [0.29, 0.717) is 19.6 Å². The summed E-state index contributed by atoms with van der Waals surface area (Å²) in [5.74, 6) is -0.444. The molecule has 1 fully saturated rings. The number of amides is 1. The van der Waals surface area contributed by atoms with E-state index in [1.807, 2.05) is 48.5 Å². The lowest BCUT2D eigenvalue weighted by molar-refractivity contribution is -0.151. The van der Waals surface area contributed by atoms with Crippen molar-refractivity contribution in [1.29, 1.82) is 0 Å². The van der Waals surface area contributed by atoms with Gasteiger partial charge in [-0.2, -0.15) is 0 Å². The minimum Gasteiger partial charge on any atom is -0.464 e. The molecule has 124 valence electrons. The van der Waals surface area contributed by atoms with Crippen LogP contribution in [0.5, 0.6) is 0 Å². The van der Waals surface area contributed by atoms with Crippen LogP contribution in [-0.4, -0.2) is 36.0 Å². The van der Waals surface area contributed by atoms with Gasteiger partial charge in [0.1, 0.15) is 6.04 Å². The molecule has 0 N–H and O–H groups in total. The molecule has 1 saturated heterocycles. The van der Waals surface area contributed by atoms with E-state index in [0.717, 1.165) is 22.8 Å². The third-order valence-electron chi connectivity index (χ3n) is 4.32. The molecule has 0 bridgehead atoms. The average Bonchev–Trinajstić information content (AvgIpc) is 3.10. The number of benzene rings is 2. The lowest BCUT2D eigenvalue weighted by Crippen LogP contribution is -2.40. The van der Waals surface area contributed by atoms with Crippen molar-refractivity contribution < 1.29 is 14.3 Å². The van der Waals surface area contributed by atoms with Gasteiger partial charge in [-0.25, -0.2) is 4.79 Å². The Hall–Kier alpha value is -2.62. The zero-order chi connectivity index (χ0) is 16.9. The summed E-state index contributed by atoms with van der Waals surface area (Å²) >= 11 is 0. The normalized spacial score (nSPS) is 17.5. The maximum Gasteiger partial charge on any atom is 0.328 e. The quantitative estimate of drug-likeness (QED) is 0.640. The lowest BCUT2D eigenvalue weighted by atomic mass is 10.0. The molecule has 2 aromatic carbocycles. The van der Waals surface area contributed by atoms with Crippen LogP contribution in [-0.2, 0) is 14.3 Å². The van der Waals surface area contributed by atoms with Crippen LogP contribution in [0.4, 0.5) is 0 Å². The van der Waals surface area contributed by atoms with Crippen LogP contribution in [0.25, 0.3) is 16.8 Å². The molecular weight excluding hydrogens is 302 g/mol. The van der Waals surface area contributed by atoms with Gasteiger partial charge in [0.15, 0.2) is 0 Å². The fourth-order valence-electron chi connectivity index (χ4n) is 3.17. The van der Waals surface area contributed by atoms with E-state index in [1.54, 1.807) is 17.9 Å². The number of hydrogen-bond acceptors (Lipinski definition) is 3. The number of ether oxygens (including phenoxy) is 1. The van der Waals surface area contributed by atoms with E-state index in [2.05, 4.69) is 0 Å². The third-order valence-corrected chi connectivity index (χ3v) is 4.32. The molecule has 4 nitrogen and oxygen atoms in total. The second-order valence-electron chi connectivity index (χ2n) is 5.84. The Morgan fingerprint density at radius 3 is 2.83 bits per heavy atom. The van der Waals surface area contributed by atoms with Crippen molar-refractivity contribution in [3.63, 3.8) is 0 Å². The first-order valence-corrected chi connectivity index (χ1v) is 8.34. The molecular formula is C20H21NO3. The molecule has 1 unspecified atom stereocenters. The van der Waals surface area contributed by atoms with E-state index < -0.39 is 6.04 Å². The summed E-state index contributed by atoms with van der Waals surface area (Å²) in [7, 11) is 0. The molecule has 1 aliphatic rings. The maximum atomic E-state index is 12.5. The van der Waals surface area contributed by atoms with Crippen LogP contribution >= 0.6 is 0 Å². The second kappa shape index (κ2) is 7.30. The Balaban J connectivity index is 1.78. The second-order valence-corrected chi connectivity index (χ2v) is 5.84. The number of carbonyl (C=O) groups excluding carboxylic acids is 2. The topological polar surface area (TPSA) is 46.6 Å². The van der Waals surface area contributed by atoms with Crippen molar-refractivity contribution in [3.05, 3.63) is 54.1 Å². The van der Waals surface area contributed by atoms with Crippen LogP contribution in [0.2, 0.25) is 0 Å². The minimum absolute atomic E-state index is 0.140. The first kappa shape index (κ1) is 16.2. The van der Waals surface area contributed by atoms with Gasteiger partial charge >= 0.3 is 5.97 Å². The van der Waals surface area contributed by atoms with Gasteiger partial charge in [-0.3, -0.25) is 4.79 Å². The maximum absolute atomic E-state index is 12.5. The Bertz CT molecular complexity index is 776. The molecule has 1 aliphatic heterocycles. The molecule has 3 rings (SSSR count). The number of carbonyl (C=O) groups is 2. The molecule has 24 heavy (non-hydrogen) atoms. The highest BCUT2D eigenvalue weighted by Gasteiger charge is 2.34. The highest BCUT2D eigenvalue weighted by molar-refractivity contribution is 5.98. The summed E-state index contributed by atoms with van der Waals surface area (Å²) < 4.78 is 5.07. The fourth-order valence-corrected chi connectivity index (χ4v) is 3.17. The highest BCUT2D eigenvalue weighted by atomic mass is 16.5. The molecule has 1 atom stereocenters. The average molecular weight is 323 g/mol. The largest absolute Gasteiger partial charge is 0.464 e. The van der Waals surface area contributed by atoms with Crippen LogP contribution in [0.15, 0.2) is 48.5 Å². The van der Waals surface area contributed by atoms with Crippen molar-refractivity contribution in [3.8, 4) is 0 Å². The van der Waals surface area contributed by atoms with Gasteiger partial charge in [0, 0.05) is 12.6 Å². The Morgan fingerprint density at radius 1 is 1.21 bits per heavy atom. The van der Waals surface area contributed by atoms with Gasteiger partial charge in [-0.05, 0) is 42.2 Å². The summed E-state index contributed by atoms with van der Waals surface area (Å²) in [6.07, 6.45) is 4.88. The van der Waals surface area contributed by atoms with Crippen molar-refractivity contribution in [2.45, 2.75) is 25.8 Å². The number of fused-ring (bicyclic) bond motifs is 1. The monoisotopic (exact) mass is 323 g/mol. The van der Waals surface area contributed by atoms with Crippen molar-refractivity contribution in [1.82, 2.24) is 4.90 Å². The van der Waals surface area contributed by atoms with Crippen molar-refractivity contribution >= 4 is 28.7 Å². The Morgan fingerprint density at radius 2 is 2.00 bits per heavy atom. The lowest BCUT2D eigenvalue weighted by Gasteiger charge is -2.21. The van der Waals surface area contributed by atoms with Crippen LogP contribution < -0.4 is 0 Å². The first-order chi connectivity index (χ1) is 11.7. The van der Waals surface area contributed by atoms with Crippen LogP contribution in [0, 0.1) is 0 Å². The molecule has 4 heteroatoms. The summed E-state index contributed by atoms with van der Waals surface area (Å²) in [4.78, 5) is 26.1. The minimum atomic E-state index is -0.449. The first-order valence-electron chi connectivity index (χ1n) is 8.34. The predicted molar refractivity (Wildman–Crippen MR) is 94.4 cm³/mol. The van der Waals surface area contributed by atoms with E-state index >= 15 is 0 Å². The van der Waals surface area contributed by atoms with E-state index in [9.17, 15) is 9.59 Å². The molecule has 1 amide bonds. The number of hydrogen-bond donors (Lipinski definition) is 0. The molecule has 0 radical (unpaired) electrons. The standard InChI is InChI=1S/C20H21NO3/c1-2-24-20(23)18-11-6-14-21(18)19(22)13-12-16-9-5-8-15-7-3-4-10-17(15)16/h3-5,7-10,12-13,18H,2,6,11,14H2,1H3/b13-12+. The van der Waals surface area contributed by atoms with Crippen molar-refractivity contribution in [2.24, 2.45) is 0 Å². The zero-order valence-corrected chi connectivity index (χ0v) is 13.8. The smallest absolute Gasteiger partial charge is 0.328 e. The zero-order valence-electron chi connectivity index (χ0n) is 13.8. The molecule has 0 aromatic heterocycles. The molecule has 2 aromatic rings. The fraction of sp³-hybridized carbons (Fsp3) is 0.300. The van der Waals surface area contributed by atoms with E-state index in [-0.39, 0.29) is 11.9 Å². The number of esters is 1. The molecule has 1 heterocycles. The summed E-state index contributed by atoms with van der Waals surface area (Å²) in [5, 5.41) is 2.24. The van der Waals surface area contributed by atoms with Crippen molar-refractivity contribution in [2.75, 3.05) is 13.2 Å². The summed E-state index contributed by atoms with van der Waals surface area (Å²) in [6, 6.07) is 13.6. The van der Waals surface area contributed by atoms with Gasteiger partial charge in [0.2, 0.25) is 5.91 Å². The number of nitrogens with zero attached hydrogens (tertiary/aromatic N) is 1. The number of likely N-dealkylation sites (tertiary alicyclic amines) is 1. The predicted octanol–water partition coefficient (Wildman–Crippen LogP) is 3.41. The van der Waals surface area contributed by atoms with Gasteiger partial charge in [-0.15, -0.1) is 0 Å². The van der Waals surface area contributed by atoms with Gasteiger partial charge in [0.05, 0.1) is 6.61 Å². The number of rotatable bonds is 4. The van der Waals surface area contributed by atoms with Crippen LogP contribution in [0.1, 0.15) is 25.3 Å². The summed E-state index contributed by atoms with van der Waals surface area (Å²) in [6.45, 7) is 2.71. The van der Waals surface area contributed by atoms with E-state index in [1.165, 1.54) is 0 Å². The Labute approximate surface area is 141 Å². The highest BCUT2D eigenvalue weighted by Crippen LogP contribution is 2.22. The van der Waals surface area contributed by atoms with Gasteiger partial charge < -0.3 is 9.64 Å². The third kappa shape index (κ3) is 3.32.